The number of hydrogen-bond acceptors (Lipinski definition) is 9. The number of benzene rings is 5. The predicted octanol–water partition coefficient (Wildman–Crippen LogP) is 8.56. The average molecular weight is 890 g/mol. The van der Waals surface area contributed by atoms with Gasteiger partial charge in [-0.05, 0) is 93.3 Å². The lowest BCUT2D eigenvalue weighted by molar-refractivity contribution is -0.138. The highest BCUT2D eigenvalue weighted by atomic mass is 16.5. The molecule has 0 bridgehead atoms. The Morgan fingerprint density at radius 2 is 1.48 bits per heavy atom. The van der Waals surface area contributed by atoms with Gasteiger partial charge in [-0.25, -0.2) is 14.6 Å². The number of H-pyrrole nitrogens is 1. The molecule has 0 spiro atoms. The van der Waals surface area contributed by atoms with Gasteiger partial charge in [-0.3, -0.25) is 14.6 Å². The second-order valence-electron chi connectivity index (χ2n) is 19.3. The number of likely N-dealkylation sites (tertiary alicyclic amines) is 2. The van der Waals surface area contributed by atoms with Crippen molar-refractivity contribution < 1.29 is 33.4 Å². The Morgan fingerprint density at radius 1 is 0.788 bits per heavy atom. The van der Waals surface area contributed by atoms with E-state index in [9.17, 15) is 19.2 Å². The largest absolute Gasteiger partial charge is 0.453 e. The van der Waals surface area contributed by atoms with Crippen LogP contribution in [0.4, 0.5) is 15.3 Å². The van der Waals surface area contributed by atoms with Gasteiger partial charge in [0.2, 0.25) is 11.8 Å². The van der Waals surface area contributed by atoms with Gasteiger partial charge in [0.15, 0.2) is 0 Å². The van der Waals surface area contributed by atoms with Gasteiger partial charge in [0.05, 0.1) is 49.6 Å². The zero-order chi connectivity index (χ0) is 46.0. The zero-order valence-electron chi connectivity index (χ0n) is 38.1. The quantitative estimate of drug-likeness (QED) is 0.123. The molecule has 3 N–H and O–H groups in total. The van der Waals surface area contributed by atoms with Crippen LogP contribution in [0, 0.1) is 17.3 Å². The number of carbonyl (C=O) groups is 4. The van der Waals surface area contributed by atoms with Gasteiger partial charge >= 0.3 is 12.2 Å². The molecule has 3 fully saturated rings. The van der Waals surface area contributed by atoms with Crippen molar-refractivity contribution in [2.45, 2.75) is 76.7 Å². The van der Waals surface area contributed by atoms with Crippen LogP contribution in [0.1, 0.15) is 69.1 Å². The van der Waals surface area contributed by atoms with Gasteiger partial charge in [-0.2, -0.15) is 0 Å². The van der Waals surface area contributed by atoms with Crippen LogP contribution < -0.4 is 10.6 Å². The lowest BCUT2D eigenvalue weighted by atomic mass is 9.85. The van der Waals surface area contributed by atoms with Crippen molar-refractivity contribution in [3.05, 3.63) is 108 Å². The number of fused-ring (bicyclic) bond motifs is 7. The van der Waals surface area contributed by atoms with Gasteiger partial charge in [-0.15, -0.1) is 0 Å². The number of methoxy groups -OCH3 is 3. The topological polar surface area (TPSA) is 168 Å². The number of aliphatic imine (C=N–C) groups is 1. The maximum Gasteiger partial charge on any atom is 0.407 e. The first-order valence-corrected chi connectivity index (χ1v) is 22.7. The van der Waals surface area contributed by atoms with Gasteiger partial charge in [0.1, 0.15) is 17.9 Å². The van der Waals surface area contributed by atoms with Crippen LogP contribution in [0.5, 0.6) is 0 Å². The van der Waals surface area contributed by atoms with Crippen molar-refractivity contribution >= 4 is 68.0 Å². The first kappa shape index (κ1) is 43.1. The second kappa shape index (κ2) is 16.9. The van der Waals surface area contributed by atoms with Crippen LogP contribution in [0.15, 0.2) is 96.0 Å². The van der Waals surface area contributed by atoms with Crippen LogP contribution in [0.25, 0.3) is 43.7 Å². The Hall–Kier alpha value is -6.80. The zero-order valence-corrected chi connectivity index (χ0v) is 38.1. The molecule has 4 aliphatic rings. The highest BCUT2D eigenvalue weighted by molar-refractivity contribution is 6.08. The highest BCUT2D eigenvalue weighted by Crippen LogP contribution is 2.54. The molecule has 1 aliphatic carbocycles. The van der Waals surface area contributed by atoms with E-state index >= 15 is 0 Å². The smallest absolute Gasteiger partial charge is 0.407 e. The molecule has 0 radical (unpaired) electrons. The van der Waals surface area contributed by atoms with E-state index in [1.54, 1.807) is 7.11 Å². The van der Waals surface area contributed by atoms with Crippen LogP contribution in [-0.4, -0.2) is 102 Å². The normalized spacial score (nSPS) is 21.9. The van der Waals surface area contributed by atoms with Gasteiger partial charge in [-0.1, -0.05) is 87.5 Å². The Balaban J connectivity index is 0.897. The van der Waals surface area contributed by atoms with Crippen molar-refractivity contribution in [2.24, 2.45) is 22.2 Å². The third-order valence-corrected chi connectivity index (χ3v) is 14.1. The number of aromatic amines is 1. The number of alkyl carbamates (subject to hydrolysis) is 2. The number of piperidine rings is 1. The van der Waals surface area contributed by atoms with Crippen molar-refractivity contribution in [3.8, 4) is 11.1 Å². The molecule has 10 rings (SSSR count). The summed E-state index contributed by atoms with van der Waals surface area (Å²) in [6.07, 6.45) is 1.80. The summed E-state index contributed by atoms with van der Waals surface area (Å²) in [6, 6.07) is 28.6. The number of rotatable bonds is 10. The number of aromatic nitrogens is 2. The molecule has 0 unspecified atom stereocenters. The van der Waals surface area contributed by atoms with E-state index < -0.39 is 29.7 Å². The summed E-state index contributed by atoms with van der Waals surface area (Å²) in [5.74, 6) is 0.966. The lowest BCUT2D eigenvalue weighted by Crippen LogP contribution is -2.55. The lowest BCUT2D eigenvalue weighted by Gasteiger charge is -2.36. The van der Waals surface area contributed by atoms with Crippen molar-refractivity contribution in [3.63, 3.8) is 0 Å². The van der Waals surface area contributed by atoms with E-state index in [1.807, 2.05) is 60.9 Å². The Labute approximate surface area is 383 Å². The van der Waals surface area contributed by atoms with Crippen LogP contribution >= 0.6 is 0 Å². The van der Waals surface area contributed by atoms with Crippen molar-refractivity contribution in [1.82, 2.24) is 30.4 Å². The van der Waals surface area contributed by atoms with Crippen LogP contribution in [-0.2, 0) is 30.2 Å². The first-order valence-electron chi connectivity index (χ1n) is 22.7. The summed E-state index contributed by atoms with van der Waals surface area (Å²) >= 11 is 0. The molecule has 4 amide bonds. The molecule has 6 aromatic rings. The number of ether oxygens (including phenoxy) is 3. The van der Waals surface area contributed by atoms with Gasteiger partial charge < -0.3 is 39.6 Å². The molecule has 1 saturated carbocycles. The predicted molar refractivity (Wildman–Crippen MR) is 252 cm³/mol. The number of amides is 4. The Kier molecular flexibility index (Phi) is 11.0. The maximum absolute atomic E-state index is 14.4. The van der Waals surface area contributed by atoms with Gasteiger partial charge in [0, 0.05) is 43.1 Å². The van der Waals surface area contributed by atoms with E-state index in [2.05, 4.69) is 76.3 Å². The maximum atomic E-state index is 14.4. The molecular formula is C52H55N7O7. The van der Waals surface area contributed by atoms with E-state index in [0.29, 0.717) is 37.5 Å². The van der Waals surface area contributed by atoms with Crippen LogP contribution in [0.3, 0.4) is 0 Å². The van der Waals surface area contributed by atoms with Gasteiger partial charge in [0.25, 0.3) is 0 Å². The molecule has 7 atom stereocenters. The summed E-state index contributed by atoms with van der Waals surface area (Å²) in [5.41, 5.74) is 7.04. The summed E-state index contributed by atoms with van der Waals surface area (Å²) in [6.45, 7) is 6.84. The number of nitrogens with zero attached hydrogens (tertiary/aromatic N) is 4. The molecule has 1 aromatic heterocycles. The molecule has 66 heavy (non-hydrogen) atoms. The fraction of sp³-hybridized carbons (Fsp3) is 0.385. The number of hydrogen-bond donors (Lipinski definition) is 3. The third-order valence-electron chi connectivity index (χ3n) is 14.1. The molecule has 14 nitrogen and oxygen atoms in total. The molecule has 5 aromatic carbocycles. The standard InChI is InChI=1S/C52H55N7O7/c1-52(2,3)46(57-51(63)66-6)49(61)59-41-23-34(41)24-43(59)47-54-39-19-15-33-22-31(13-17-36(33)45(39)55-47)30-12-16-35-32(21-30)14-18-38-37(35)25-40(53-38)42-20-28(27-64-4)26-58(42)48(60)44(56-50(62)65-5)29-10-8-7-9-11-29/h7-19,21-22,28,34,41-44,46H,20,23-27H2,1-6H3,(H,54,55)(H,56,62)(H,57,63)/t28-,34+,41+,42-,43-,44+,46+/m0/s1. The monoisotopic (exact) mass is 889 g/mol. The Morgan fingerprint density at radius 3 is 2.20 bits per heavy atom. The summed E-state index contributed by atoms with van der Waals surface area (Å²) in [7, 11) is 4.28. The fourth-order valence-electron chi connectivity index (χ4n) is 10.7. The number of carbonyl (C=O) groups excluding carboxylic acids is 4. The van der Waals surface area contributed by atoms with Crippen molar-refractivity contribution in [1.29, 1.82) is 0 Å². The fourth-order valence-corrected chi connectivity index (χ4v) is 10.7. The molecule has 340 valence electrons. The van der Waals surface area contributed by atoms with E-state index in [4.69, 9.17) is 24.2 Å². The first-order chi connectivity index (χ1) is 31.8. The number of nitrogens with one attached hydrogen (secondary N) is 3. The third kappa shape index (κ3) is 7.80. The molecule has 4 heterocycles. The molecule has 3 aliphatic heterocycles. The minimum absolute atomic E-state index is 0.112. The minimum Gasteiger partial charge on any atom is -0.453 e. The minimum atomic E-state index is -0.916. The highest BCUT2D eigenvalue weighted by Gasteiger charge is 2.57. The summed E-state index contributed by atoms with van der Waals surface area (Å²) in [5, 5.41) is 9.87. The SMILES string of the molecule is COC[C@H]1C[C@@H](C2=Nc3ccc4cc(-c5ccc6c(ccc7[nH]c([C@@H]8C[C@H]9C[C@H]9N8C(=O)[C@@H](NC(=O)OC)C(C)(C)C)nc76)c5)ccc4c3C2)N(C(=O)[C@H](NC(=O)OC)c2ccccc2)C1. The molecule has 2 saturated heterocycles. The van der Waals surface area contributed by atoms with E-state index in [-0.39, 0.29) is 35.9 Å². The summed E-state index contributed by atoms with van der Waals surface area (Å²) < 4.78 is 15.4. The van der Waals surface area contributed by atoms with Crippen molar-refractivity contribution in [2.75, 3.05) is 34.5 Å². The number of imidazole rings is 1. The summed E-state index contributed by atoms with van der Waals surface area (Å²) in [4.78, 5) is 71.1. The van der Waals surface area contributed by atoms with E-state index in [0.717, 1.165) is 79.3 Å². The second-order valence-corrected chi connectivity index (χ2v) is 19.3. The van der Waals surface area contributed by atoms with E-state index in [1.165, 1.54) is 14.2 Å². The molecular weight excluding hydrogens is 835 g/mol. The average Bonchev–Trinajstić information content (AvgIpc) is 3.75. The Bertz CT molecular complexity index is 2940. The molecule has 14 heteroatoms. The van der Waals surface area contributed by atoms with Crippen LogP contribution in [0.2, 0.25) is 0 Å².